The Kier molecular flexibility index (Phi) is 4.69. The number of hydrogen-bond acceptors (Lipinski definition) is 6. The number of piperazine rings is 1. The van der Waals surface area contributed by atoms with Crippen molar-refractivity contribution in [2.45, 2.75) is 0 Å². The molecule has 5 rings (SSSR count). The zero-order valence-corrected chi connectivity index (χ0v) is 17.0. The molecule has 1 aromatic carbocycles. The first-order chi connectivity index (χ1) is 14.2. The number of benzene rings is 1. The number of carbonyl (C=O) groups excluding carboxylic acids is 1. The lowest BCUT2D eigenvalue weighted by molar-refractivity contribution is 0.0714. The number of rotatable bonds is 3. The van der Waals surface area contributed by atoms with Crippen LogP contribution in [0.1, 0.15) is 10.6 Å². The van der Waals surface area contributed by atoms with Gasteiger partial charge < -0.3 is 14.2 Å². The van der Waals surface area contributed by atoms with Crippen LogP contribution in [0.25, 0.3) is 20.7 Å². The van der Waals surface area contributed by atoms with Crippen LogP contribution in [-0.4, -0.2) is 47.0 Å². The number of nitrogens with zero attached hydrogens (tertiary/aromatic N) is 4. The predicted molar refractivity (Wildman–Crippen MR) is 115 cm³/mol. The number of carbonyl (C=O) groups is 1. The molecule has 6 nitrogen and oxygen atoms in total. The normalized spacial score (nSPS) is 14.5. The molecule has 29 heavy (non-hydrogen) atoms. The molecule has 1 amide bonds. The molecule has 0 bridgehead atoms. The molecule has 8 heteroatoms. The predicted octanol–water partition coefficient (Wildman–Crippen LogP) is 4.57. The minimum Gasteiger partial charge on any atom is -0.459 e. The van der Waals surface area contributed by atoms with E-state index in [1.807, 2.05) is 29.2 Å². The lowest BCUT2D eigenvalue weighted by atomic mass is 10.2. The Bertz CT molecular complexity index is 1150. The standard InChI is InChI=1S/C21H17ClN4O2S/c22-15-5-3-14(4-6-15)18-12-16-19(29-18)20(24-13-23-16)25-7-9-26(10-8-25)21(27)17-2-1-11-28-17/h1-6,11-13H,7-10H2. The van der Waals surface area contributed by atoms with E-state index >= 15 is 0 Å². The SMILES string of the molecule is O=C(c1ccco1)N1CCN(c2ncnc3cc(-c4ccc(Cl)cc4)sc23)CC1. The fourth-order valence-electron chi connectivity index (χ4n) is 3.50. The fourth-order valence-corrected chi connectivity index (χ4v) is 4.76. The van der Waals surface area contributed by atoms with Crippen LogP contribution in [0.4, 0.5) is 5.82 Å². The van der Waals surface area contributed by atoms with Gasteiger partial charge in [0.25, 0.3) is 5.91 Å². The van der Waals surface area contributed by atoms with Gasteiger partial charge in [-0.15, -0.1) is 11.3 Å². The average Bonchev–Trinajstić information content (AvgIpc) is 3.44. The van der Waals surface area contributed by atoms with Gasteiger partial charge in [-0.25, -0.2) is 9.97 Å². The molecule has 3 aromatic heterocycles. The number of anilines is 1. The summed E-state index contributed by atoms with van der Waals surface area (Å²) in [6, 6.07) is 13.3. The van der Waals surface area contributed by atoms with Gasteiger partial charge in [0.15, 0.2) is 5.76 Å². The highest BCUT2D eigenvalue weighted by molar-refractivity contribution is 7.22. The first-order valence-corrected chi connectivity index (χ1v) is 10.5. The van der Waals surface area contributed by atoms with Crippen LogP contribution in [0.3, 0.4) is 0 Å². The second kappa shape index (κ2) is 7.50. The van der Waals surface area contributed by atoms with E-state index in [-0.39, 0.29) is 5.91 Å². The Morgan fingerprint density at radius 2 is 1.86 bits per heavy atom. The number of hydrogen-bond donors (Lipinski definition) is 0. The number of halogens is 1. The molecule has 1 aliphatic heterocycles. The van der Waals surface area contributed by atoms with E-state index in [4.69, 9.17) is 16.0 Å². The first-order valence-electron chi connectivity index (χ1n) is 9.27. The summed E-state index contributed by atoms with van der Waals surface area (Å²) in [7, 11) is 0. The summed E-state index contributed by atoms with van der Waals surface area (Å²) in [6.45, 7) is 2.68. The van der Waals surface area contributed by atoms with E-state index in [0.717, 1.165) is 31.5 Å². The Balaban J connectivity index is 1.38. The summed E-state index contributed by atoms with van der Waals surface area (Å²) in [6.07, 6.45) is 3.13. The summed E-state index contributed by atoms with van der Waals surface area (Å²) in [4.78, 5) is 26.7. The molecular weight excluding hydrogens is 408 g/mol. The maximum Gasteiger partial charge on any atom is 0.289 e. The van der Waals surface area contributed by atoms with Crippen LogP contribution in [0.2, 0.25) is 5.02 Å². The highest BCUT2D eigenvalue weighted by Gasteiger charge is 2.25. The minimum atomic E-state index is -0.0661. The molecule has 4 heterocycles. The molecule has 0 aliphatic carbocycles. The second-order valence-electron chi connectivity index (χ2n) is 6.79. The van der Waals surface area contributed by atoms with Gasteiger partial charge in [0.2, 0.25) is 0 Å². The van der Waals surface area contributed by atoms with Crippen molar-refractivity contribution in [3.63, 3.8) is 0 Å². The van der Waals surface area contributed by atoms with Crippen molar-refractivity contribution < 1.29 is 9.21 Å². The zero-order chi connectivity index (χ0) is 19.8. The Morgan fingerprint density at radius 3 is 2.59 bits per heavy atom. The molecule has 0 spiro atoms. The smallest absolute Gasteiger partial charge is 0.289 e. The minimum absolute atomic E-state index is 0.0661. The average molecular weight is 425 g/mol. The van der Waals surface area contributed by atoms with Gasteiger partial charge in [-0.1, -0.05) is 23.7 Å². The largest absolute Gasteiger partial charge is 0.459 e. The van der Waals surface area contributed by atoms with Crippen molar-refractivity contribution in [1.29, 1.82) is 0 Å². The molecule has 0 unspecified atom stereocenters. The number of furan rings is 1. The molecule has 0 atom stereocenters. The van der Waals surface area contributed by atoms with Crippen LogP contribution in [0.15, 0.2) is 59.5 Å². The zero-order valence-electron chi connectivity index (χ0n) is 15.4. The van der Waals surface area contributed by atoms with Crippen molar-refractivity contribution in [2.24, 2.45) is 0 Å². The van der Waals surface area contributed by atoms with E-state index in [1.54, 1.807) is 29.8 Å². The molecule has 0 saturated carbocycles. The Labute approximate surface area is 176 Å². The summed E-state index contributed by atoms with van der Waals surface area (Å²) in [5.74, 6) is 1.24. The lowest BCUT2D eigenvalue weighted by Gasteiger charge is -2.35. The fraction of sp³-hybridized carbons (Fsp3) is 0.190. The topological polar surface area (TPSA) is 62.5 Å². The van der Waals surface area contributed by atoms with Crippen LogP contribution in [0, 0.1) is 0 Å². The van der Waals surface area contributed by atoms with E-state index in [1.165, 1.54) is 6.26 Å². The van der Waals surface area contributed by atoms with Crippen molar-refractivity contribution in [1.82, 2.24) is 14.9 Å². The van der Waals surface area contributed by atoms with E-state index < -0.39 is 0 Å². The number of thiophene rings is 1. The second-order valence-corrected chi connectivity index (χ2v) is 8.27. The maximum absolute atomic E-state index is 12.5. The molecule has 0 radical (unpaired) electrons. The van der Waals surface area contributed by atoms with Gasteiger partial charge in [0.1, 0.15) is 12.1 Å². The summed E-state index contributed by atoms with van der Waals surface area (Å²) >= 11 is 7.69. The van der Waals surface area contributed by atoms with Gasteiger partial charge in [-0.05, 0) is 35.9 Å². The highest BCUT2D eigenvalue weighted by Crippen LogP contribution is 2.37. The lowest BCUT2D eigenvalue weighted by Crippen LogP contribution is -2.49. The van der Waals surface area contributed by atoms with E-state index in [2.05, 4.69) is 20.9 Å². The third-order valence-electron chi connectivity index (χ3n) is 5.02. The summed E-state index contributed by atoms with van der Waals surface area (Å²) < 4.78 is 6.30. The molecule has 1 saturated heterocycles. The maximum atomic E-state index is 12.5. The van der Waals surface area contributed by atoms with Crippen molar-refractivity contribution in [3.05, 3.63) is 65.8 Å². The summed E-state index contributed by atoms with van der Waals surface area (Å²) in [5.41, 5.74) is 2.04. The molecule has 146 valence electrons. The van der Waals surface area contributed by atoms with Gasteiger partial charge in [0, 0.05) is 36.1 Å². The number of aromatic nitrogens is 2. The number of amides is 1. The van der Waals surface area contributed by atoms with Crippen molar-refractivity contribution in [3.8, 4) is 10.4 Å². The molecular formula is C21H17ClN4O2S. The van der Waals surface area contributed by atoms with Crippen molar-refractivity contribution in [2.75, 3.05) is 31.1 Å². The van der Waals surface area contributed by atoms with Crippen LogP contribution in [0.5, 0.6) is 0 Å². The van der Waals surface area contributed by atoms with Gasteiger partial charge in [0.05, 0.1) is 16.5 Å². The summed E-state index contributed by atoms with van der Waals surface area (Å²) in [5, 5.41) is 0.720. The molecule has 1 fully saturated rings. The van der Waals surface area contributed by atoms with Gasteiger partial charge in [-0.2, -0.15) is 0 Å². The third kappa shape index (κ3) is 3.47. The number of fused-ring (bicyclic) bond motifs is 1. The van der Waals surface area contributed by atoms with Gasteiger partial charge in [-0.3, -0.25) is 4.79 Å². The van der Waals surface area contributed by atoms with Gasteiger partial charge >= 0.3 is 0 Å². The molecule has 1 aliphatic rings. The van der Waals surface area contributed by atoms with E-state index in [9.17, 15) is 4.79 Å². The molecule has 4 aromatic rings. The highest BCUT2D eigenvalue weighted by atomic mass is 35.5. The monoisotopic (exact) mass is 424 g/mol. The quantitative estimate of drug-likeness (QED) is 0.482. The molecule has 0 N–H and O–H groups in total. The Hall–Kier alpha value is -2.90. The van der Waals surface area contributed by atoms with Crippen LogP contribution >= 0.6 is 22.9 Å². The van der Waals surface area contributed by atoms with Crippen LogP contribution < -0.4 is 4.90 Å². The van der Waals surface area contributed by atoms with Crippen molar-refractivity contribution >= 4 is 44.9 Å². The Morgan fingerprint density at radius 1 is 1.07 bits per heavy atom. The first kappa shape index (κ1) is 18.1. The third-order valence-corrected chi connectivity index (χ3v) is 6.44. The van der Waals surface area contributed by atoms with E-state index in [0.29, 0.717) is 31.9 Å². The van der Waals surface area contributed by atoms with Crippen LogP contribution in [-0.2, 0) is 0 Å².